The van der Waals surface area contributed by atoms with Gasteiger partial charge in [-0.25, -0.2) is 0 Å². The van der Waals surface area contributed by atoms with Crippen molar-refractivity contribution in [3.05, 3.63) is 0 Å². The average molecular weight is 184 g/mol. The first-order valence-electron chi connectivity index (χ1n) is 5.14. The molecule has 0 aromatic carbocycles. The predicted octanol–water partition coefficient (Wildman–Crippen LogP) is 2.42. The minimum Gasteiger partial charge on any atom is -0.381 e. The van der Waals surface area contributed by atoms with E-state index in [9.17, 15) is 4.79 Å². The minimum absolute atomic E-state index is 0.0671. The largest absolute Gasteiger partial charge is 0.381 e. The molecule has 76 valence electrons. The summed E-state index contributed by atoms with van der Waals surface area (Å²) in [5.74, 6) is 0.775. The third kappa shape index (κ3) is 2.11. The van der Waals surface area contributed by atoms with Crippen LogP contribution in [0.1, 0.15) is 39.5 Å². The van der Waals surface area contributed by atoms with Gasteiger partial charge in [-0.3, -0.25) is 0 Å². The van der Waals surface area contributed by atoms with E-state index in [1.165, 1.54) is 0 Å². The van der Waals surface area contributed by atoms with Crippen molar-refractivity contribution in [2.24, 2.45) is 11.3 Å². The van der Waals surface area contributed by atoms with Crippen LogP contribution in [0.25, 0.3) is 0 Å². The van der Waals surface area contributed by atoms with E-state index in [0.717, 1.165) is 37.9 Å². The maximum absolute atomic E-state index is 11.1. The monoisotopic (exact) mass is 184 g/mol. The molecule has 0 radical (unpaired) electrons. The van der Waals surface area contributed by atoms with E-state index < -0.39 is 0 Å². The molecule has 13 heavy (non-hydrogen) atoms. The summed E-state index contributed by atoms with van der Waals surface area (Å²) in [5, 5.41) is 0. The third-order valence-electron chi connectivity index (χ3n) is 3.60. The first-order valence-corrected chi connectivity index (χ1v) is 5.14. The molecule has 0 saturated heterocycles. The van der Waals surface area contributed by atoms with Crippen LogP contribution in [0, 0.1) is 11.3 Å². The van der Waals surface area contributed by atoms with E-state index >= 15 is 0 Å². The van der Waals surface area contributed by atoms with E-state index in [-0.39, 0.29) is 11.5 Å². The lowest BCUT2D eigenvalue weighted by Crippen LogP contribution is -2.39. The normalized spacial score (nSPS) is 37.0. The highest BCUT2D eigenvalue weighted by atomic mass is 16.5. The smallest absolute Gasteiger partial charge is 0.128 e. The highest BCUT2D eigenvalue weighted by Crippen LogP contribution is 2.40. The van der Waals surface area contributed by atoms with Crippen molar-refractivity contribution >= 4 is 6.29 Å². The lowest BCUT2D eigenvalue weighted by molar-refractivity contribution is -0.127. The van der Waals surface area contributed by atoms with Gasteiger partial charge in [-0.05, 0) is 38.5 Å². The number of carbonyl (C=O) groups excluding carboxylic acids is 1. The molecule has 1 aliphatic carbocycles. The second kappa shape index (κ2) is 4.23. The van der Waals surface area contributed by atoms with Gasteiger partial charge in [0.2, 0.25) is 0 Å². The van der Waals surface area contributed by atoms with Gasteiger partial charge >= 0.3 is 0 Å². The van der Waals surface area contributed by atoms with Crippen LogP contribution in [-0.4, -0.2) is 19.5 Å². The highest BCUT2D eigenvalue weighted by molar-refractivity contribution is 5.60. The number of carbonyl (C=O) groups is 1. The first kappa shape index (κ1) is 10.7. The van der Waals surface area contributed by atoms with E-state index in [4.69, 9.17) is 4.74 Å². The number of hydrogen-bond donors (Lipinski definition) is 0. The maximum atomic E-state index is 11.1. The van der Waals surface area contributed by atoms with Crippen LogP contribution < -0.4 is 0 Å². The van der Waals surface area contributed by atoms with Gasteiger partial charge < -0.3 is 9.53 Å². The lowest BCUT2D eigenvalue weighted by Gasteiger charge is -2.38. The van der Waals surface area contributed by atoms with E-state index in [1.54, 1.807) is 7.11 Å². The second-order valence-electron chi connectivity index (χ2n) is 4.41. The topological polar surface area (TPSA) is 26.3 Å². The van der Waals surface area contributed by atoms with Crippen molar-refractivity contribution in [2.45, 2.75) is 45.6 Å². The van der Waals surface area contributed by atoms with Gasteiger partial charge in [0.25, 0.3) is 0 Å². The Morgan fingerprint density at radius 1 is 1.46 bits per heavy atom. The van der Waals surface area contributed by atoms with Crippen LogP contribution in [0.2, 0.25) is 0 Å². The zero-order chi connectivity index (χ0) is 9.90. The molecule has 0 bridgehead atoms. The number of hydrogen-bond acceptors (Lipinski definition) is 2. The average Bonchev–Trinajstić information content (AvgIpc) is 2.18. The molecule has 1 saturated carbocycles. The molecule has 1 fully saturated rings. The Balaban J connectivity index is 2.65. The van der Waals surface area contributed by atoms with Gasteiger partial charge in [0, 0.05) is 7.11 Å². The zero-order valence-corrected chi connectivity index (χ0v) is 8.88. The molecule has 1 aliphatic rings. The molecule has 0 N–H and O–H groups in total. The van der Waals surface area contributed by atoms with Gasteiger partial charge in [0.05, 0.1) is 11.5 Å². The number of ether oxygens (including phenoxy) is 1. The van der Waals surface area contributed by atoms with E-state index in [0.29, 0.717) is 0 Å². The van der Waals surface area contributed by atoms with E-state index in [1.807, 2.05) is 6.92 Å². The van der Waals surface area contributed by atoms with Gasteiger partial charge in [-0.15, -0.1) is 0 Å². The van der Waals surface area contributed by atoms with Crippen LogP contribution in [0.5, 0.6) is 0 Å². The molecule has 1 atom stereocenters. The molecule has 0 spiro atoms. The molecule has 0 heterocycles. The molecule has 2 heteroatoms. The molecule has 1 rings (SSSR count). The molecule has 0 aliphatic heterocycles. The summed E-state index contributed by atoms with van der Waals surface area (Å²) in [4.78, 5) is 11.1. The summed E-state index contributed by atoms with van der Waals surface area (Å²) >= 11 is 0. The van der Waals surface area contributed by atoms with Crippen LogP contribution >= 0.6 is 0 Å². The van der Waals surface area contributed by atoms with Gasteiger partial charge in [-0.2, -0.15) is 0 Å². The highest BCUT2D eigenvalue weighted by Gasteiger charge is 2.39. The SMILES string of the molecule is COC(C)C1(C=O)CCC(C)CC1. The van der Waals surface area contributed by atoms with Crippen molar-refractivity contribution in [3.63, 3.8) is 0 Å². The van der Waals surface area contributed by atoms with Crippen LogP contribution in [0.4, 0.5) is 0 Å². The van der Waals surface area contributed by atoms with Crippen molar-refractivity contribution in [1.29, 1.82) is 0 Å². The van der Waals surface area contributed by atoms with Crippen LogP contribution in [0.15, 0.2) is 0 Å². The Morgan fingerprint density at radius 2 is 2.00 bits per heavy atom. The van der Waals surface area contributed by atoms with Gasteiger partial charge in [0.1, 0.15) is 6.29 Å². The fourth-order valence-electron chi connectivity index (χ4n) is 2.15. The van der Waals surface area contributed by atoms with Crippen molar-refractivity contribution in [1.82, 2.24) is 0 Å². The van der Waals surface area contributed by atoms with Crippen LogP contribution in [-0.2, 0) is 9.53 Å². The standard InChI is InChI=1S/C11H20O2/c1-9-4-6-11(8-12,7-5-9)10(2)13-3/h8-10H,4-7H2,1-3H3. The zero-order valence-electron chi connectivity index (χ0n) is 8.88. The molecular weight excluding hydrogens is 164 g/mol. The minimum atomic E-state index is -0.193. The number of rotatable bonds is 3. The summed E-state index contributed by atoms with van der Waals surface area (Å²) in [6.07, 6.45) is 5.49. The van der Waals surface area contributed by atoms with Crippen molar-refractivity contribution < 1.29 is 9.53 Å². The number of methoxy groups -OCH3 is 1. The lowest BCUT2D eigenvalue weighted by atomic mass is 9.69. The Kier molecular flexibility index (Phi) is 3.48. The van der Waals surface area contributed by atoms with Crippen molar-refractivity contribution in [2.75, 3.05) is 7.11 Å². The Morgan fingerprint density at radius 3 is 2.38 bits per heavy atom. The fourth-order valence-corrected chi connectivity index (χ4v) is 2.15. The molecule has 1 unspecified atom stereocenters. The Labute approximate surface area is 80.7 Å². The van der Waals surface area contributed by atoms with Crippen molar-refractivity contribution in [3.8, 4) is 0 Å². The van der Waals surface area contributed by atoms with Crippen LogP contribution in [0.3, 0.4) is 0 Å². The van der Waals surface area contributed by atoms with Gasteiger partial charge in [-0.1, -0.05) is 6.92 Å². The summed E-state index contributed by atoms with van der Waals surface area (Å²) in [7, 11) is 1.69. The molecule has 0 amide bonds. The van der Waals surface area contributed by atoms with Gasteiger partial charge in [0.15, 0.2) is 0 Å². The Hall–Kier alpha value is -0.370. The molecule has 0 aromatic heterocycles. The third-order valence-corrected chi connectivity index (χ3v) is 3.60. The number of aldehydes is 1. The molecule has 0 aromatic rings. The first-order chi connectivity index (χ1) is 6.14. The predicted molar refractivity (Wildman–Crippen MR) is 52.6 cm³/mol. The summed E-state index contributed by atoms with van der Waals surface area (Å²) in [6, 6.07) is 0. The quantitative estimate of drug-likeness (QED) is 0.630. The molecule has 2 nitrogen and oxygen atoms in total. The summed E-state index contributed by atoms with van der Waals surface area (Å²) in [5.41, 5.74) is -0.193. The van der Waals surface area contributed by atoms with E-state index in [2.05, 4.69) is 6.92 Å². The maximum Gasteiger partial charge on any atom is 0.128 e. The molecular formula is C11H20O2. The fraction of sp³-hybridized carbons (Fsp3) is 0.909. The summed E-state index contributed by atoms with van der Waals surface area (Å²) in [6.45, 7) is 4.26. The summed E-state index contributed by atoms with van der Waals surface area (Å²) < 4.78 is 5.29. The second-order valence-corrected chi connectivity index (χ2v) is 4.41. The Bertz CT molecular complexity index is 169.